The van der Waals surface area contributed by atoms with E-state index in [9.17, 15) is 9.59 Å². The van der Waals surface area contributed by atoms with Crippen molar-refractivity contribution in [2.75, 3.05) is 10.6 Å². The zero-order valence-corrected chi connectivity index (χ0v) is 12.0. The van der Waals surface area contributed by atoms with Crippen LogP contribution in [-0.2, 0) is 9.59 Å². The van der Waals surface area contributed by atoms with E-state index in [0.717, 1.165) is 37.1 Å². The van der Waals surface area contributed by atoms with Gasteiger partial charge in [-0.2, -0.15) is 0 Å². The van der Waals surface area contributed by atoms with Crippen LogP contribution in [0.2, 0.25) is 0 Å². The molecule has 0 saturated heterocycles. The maximum atomic E-state index is 11.9. The lowest BCUT2D eigenvalue weighted by molar-refractivity contribution is -0.117. The van der Waals surface area contributed by atoms with Crippen LogP contribution in [0.5, 0.6) is 0 Å². The molecule has 2 N–H and O–H groups in total. The normalized spacial score (nSPS) is 20.3. The smallest absolute Gasteiger partial charge is 0.227 e. The van der Waals surface area contributed by atoms with Crippen molar-refractivity contribution >= 4 is 23.2 Å². The van der Waals surface area contributed by atoms with E-state index in [-0.39, 0.29) is 17.7 Å². The quantitative estimate of drug-likeness (QED) is 0.815. The van der Waals surface area contributed by atoms with Crippen LogP contribution < -0.4 is 10.6 Å². The average molecular weight is 284 g/mol. The molecule has 1 aromatic carbocycles. The molecule has 0 aromatic heterocycles. The van der Waals surface area contributed by atoms with Gasteiger partial charge in [0.05, 0.1) is 0 Å². The van der Waals surface area contributed by atoms with Crippen molar-refractivity contribution in [2.24, 2.45) is 11.8 Å². The molecule has 0 spiro atoms. The largest absolute Gasteiger partial charge is 0.326 e. The van der Waals surface area contributed by atoms with E-state index < -0.39 is 0 Å². The van der Waals surface area contributed by atoms with Gasteiger partial charge >= 0.3 is 0 Å². The number of allylic oxidation sites excluding steroid dienone is 2. The molecule has 0 aliphatic heterocycles. The number of nitrogens with one attached hydrogen (secondary N) is 2. The van der Waals surface area contributed by atoms with Crippen LogP contribution in [-0.4, -0.2) is 11.8 Å². The van der Waals surface area contributed by atoms with E-state index in [0.29, 0.717) is 12.3 Å². The van der Waals surface area contributed by atoms with Crippen LogP contribution in [0.3, 0.4) is 0 Å². The monoisotopic (exact) mass is 284 g/mol. The van der Waals surface area contributed by atoms with Gasteiger partial charge in [0.2, 0.25) is 11.8 Å². The van der Waals surface area contributed by atoms with Crippen molar-refractivity contribution in [1.82, 2.24) is 0 Å². The summed E-state index contributed by atoms with van der Waals surface area (Å²) in [6.07, 6.45) is 8.93. The molecule has 1 aromatic rings. The van der Waals surface area contributed by atoms with Crippen LogP contribution in [0, 0.1) is 11.8 Å². The highest BCUT2D eigenvalue weighted by Crippen LogP contribution is 2.30. The summed E-state index contributed by atoms with van der Waals surface area (Å²) in [5, 5.41) is 5.78. The molecule has 0 radical (unpaired) electrons. The second kappa shape index (κ2) is 6.12. The lowest BCUT2D eigenvalue weighted by Gasteiger charge is -2.10. The molecule has 1 atom stereocenters. The van der Waals surface area contributed by atoms with Gasteiger partial charge in [-0.15, -0.1) is 0 Å². The molecule has 2 aliphatic carbocycles. The highest BCUT2D eigenvalue weighted by atomic mass is 16.2. The zero-order valence-electron chi connectivity index (χ0n) is 12.0. The Bertz CT molecular complexity index is 559. The molecule has 1 unspecified atom stereocenters. The van der Waals surface area contributed by atoms with Crippen molar-refractivity contribution in [3.05, 3.63) is 36.4 Å². The Morgan fingerprint density at radius 3 is 2.24 bits per heavy atom. The third-order valence-corrected chi connectivity index (χ3v) is 3.94. The molecule has 0 bridgehead atoms. The summed E-state index contributed by atoms with van der Waals surface area (Å²) in [5.74, 6) is 0.715. The molecule has 110 valence electrons. The van der Waals surface area contributed by atoms with Gasteiger partial charge in [-0.3, -0.25) is 9.59 Å². The Morgan fingerprint density at radius 2 is 1.67 bits per heavy atom. The second-order valence-electron chi connectivity index (χ2n) is 5.86. The summed E-state index contributed by atoms with van der Waals surface area (Å²) in [6.45, 7) is 0. The van der Waals surface area contributed by atoms with E-state index in [1.54, 1.807) is 0 Å². The van der Waals surface area contributed by atoms with Gasteiger partial charge in [-0.1, -0.05) is 12.2 Å². The molecule has 4 nitrogen and oxygen atoms in total. The minimum Gasteiger partial charge on any atom is -0.326 e. The first-order valence-corrected chi connectivity index (χ1v) is 7.58. The molecule has 2 amide bonds. The van der Waals surface area contributed by atoms with Gasteiger partial charge in [0, 0.05) is 23.7 Å². The number of anilines is 2. The van der Waals surface area contributed by atoms with Crippen LogP contribution in [0.1, 0.15) is 32.1 Å². The average Bonchev–Trinajstić information content (AvgIpc) is 3.20. The number of hydrogen-bond donors (Lipinski definition) is 2. The van der Waals surface area contributed by atoms with Crippen molar-refractivity contribution in [3.8, 4) is 0 Å². The van der Waals surface area contributed by atoms with Gasteiger partial charge in [0.25, 0.3) is 0 Å². The minimum absolute atomic E-state index is 0.0429. The topological polar surface area (TPSA) is 58.2 Å². The standard InChI is InChI=1S/C17H20N2O2/c20-16(11-12-3-1-2-4-12)18-14-7-9-15(10-8-14)19-17(21)13-5-6-13/h1,3,7-10,12-13H,2,4-6,11H2,(H,18,20)(H,19,21). The third-order valence-electron chi connectivity index (χ3n) is 3.94. The van der Waals surface area contributed by atoms with Crippen LogP contribution in [0.4, 0.5) is 11.4 Å². The molecule has 0 heterocycles. The van der Waals surface area contributed by atoms with E-state index in [2.05, 4.69) is 22.8 Å². The molecular formula is C17H20N2O2. The van der Waals surface area contributed by atoms with Crippen LogP contribution in [0.25, 0.3) is 0 Å². The minimum atomic E-state index is 0.0429. The Labute approximate surface area is 124 Å². The molecule has 3 rings (SSSR count). The van der Waals surface area contributed by atoms with Gasteiger partial charge in [0.15, 0.2) is 0 Å². The fourth-order valence-electron chi connectivity index (χ4n) is 2.54. The highest BCUT2D eigenvalue weighted by molar-refractivity contribution is 5.95. The van der Waals surface area contributed by atoms with Crippen LogP contribution >= 0.6 is 0 Å². The lowest BCUT2D eigenvalue weighted by atomic mass is 10.1. The summed E-state index contributed by atoms with van der Waals surface area (Å²) in [5.41, 5.74) is 1.55. The molecule has 2 aliphatic rings. The predicted octanol–water partition coefficient (Wildman–Crippen LogP) is 3.33. The maximum Gasteiger partial charge on any atom is 0.227 e. The maximum absolute atomic E-state index is 11.9. The van der Waals surface area contributed by atoms with Crippen molar-refractivity contribution in [3.63, 3.8) is 0 Å². The SMILES string of the molecule is O=C(CC1C=CCC1)Nc1ccc(NC(=O)C2CC2)cc1. The Balaban J connectivity index is 1.50. The number of benzene rings is 1. The van der Waals surface area contributed by atoms with Gasteiger partial charge in [-0.25, -0.2) is 0 Å². The Kier molecular flexibility index (Phi) is 4.04. The molecular weight excluding hydrogens is 264 g/mol. The van der Waals surface area contributed by atoms with Crippen molar-refractivity contribution in [2.45, 2.75) is 32.1 Å². The number of carbonyl (C=O) groups is 2. The fraction of sp³-hybridized carbons (Fsp3) is 0.412. The number of hydrogen-bond acceptors (Lipinski definition) is 2. The molecule has 21 heavy (non-hydrogen) atoms. The van der Waals surface area contributed by atoms with E-state index in [1.807, 2.05) is 24.3 Å². The van der Waals surface area contributed by atoms with Gasteiger partial charge in [-0.05, 0) is 55.9 Å². The van der Waals surface area contributed by atoms with E-state index in [1.165, 1.54) is 0 Å². The molecule has 1 fully saturated rings. The second-order valence-corrected chi connectivity index (χ2v) is 5.86. The van der Waals surface area contributed by atoms with Crippen molar-refractivity contribution in [1.29, 1.82) is 0 Å². The molecule has 1 saturated carbocycles. The summed E-state index contributed by atoms with van der Waals surface area (Å²) < 4.78 is 0. The number of carbonyl (C=O) groups excluding carboxylic acids is 2. The zero-order chi connectivity index (χ0) is 14.7. The highest BCUT2D eigenvalue weighted by Gasteiger charge is 2.29. The number of rotatable bonds is 5. The van der Waals surface area contributed by atoms with Gasteiger partial charge in [0.1, 0.15) is 0 Å². The summed E-state index contributed by atoms with van der Waals surface area (Å²) >= 11 is 0. The van der Waals surface area contributed by atoms with Gasteiger partial charge < -0.3 is 10.6 Å². The third kappa shape index (κ3) is 3.94. The van der Waals surface area contributed by atoms with E-state index >= 15 is 0 Å². The fourth-order valence-corrected chi connectivity index (χ4v) is 2.54. The first-order chi connectivity index (χ1) is 10.2. The first kappa shape index (κ1) is 13.9. The van der Waals surface area contributed by atoms with E-state index in [4.69, 9.17) is 0 Å². The predicted molar refractivity (Wildman–Crippen MR) is 82.9 cm³/mol. The van der Waals surface area contributed by atoms with Crippen molar-refractivity contribution < 1.29 is 9.59 Å². The summed E-state index contributed by atoms with van der Waals surface area (Å²) in [6, 6.07) is 7.30. The first-order valence-electron chi connectivity index (χ1n) is 7.58. The van der Waals surface area contributed by atoms with Crippen LogP contribution in [0.15, 0.2) is 36.4 Å². The lowest BCUT2D eigenvalue weighted by Crippen LogP contribution is -2.15. The Morgan fingerprint density at radius 1 is 1.00 bits per heavy atom. The summed E-state index contributed by atoms with van der Waals surface area (Å²) in [7, 11) is 0. The summed E-state index contributed by atoms with van der Waals surface area (Å²) in [4.78, 5) is 23.6. The molecule has 4 heteroatoms. The number of amides is 2. The Hall–Kier alpha value is -2.10.